The first-order valence-corrected chi connectivity index (χ1v) is 11.8. The number of carbonyl (C=O) groups excluding carboxylic acids is 1. The predicted octanol–water partition coefficient (Wildman–Crippen LogP) is 4.34. The Kier molecular flexibility index (Phi) is 6.43. The van der Waals surface area contributed by atoms with Crippen molar-refractivity contribution in [2.75, 3.05) is 10.0 Å². The Labute approximate surface area is 196 Å². The quantitative estimate of drug-likeness (QED) is 0.408. The number of anilines is 2. The highest BCUT2D eigenvalue weighted by atomic mass is 35.5. The smallest absolute Gasteiger partial charge is 0.277 e. The molecule has 10 heteroatoms. The molecule has 1 aromatic heterocycles. The molecular formula is C23H20ClN5O3S. The average Bonchev–Trinajstić information content (AvgIpc) is 3.24. The molecule has 0 bridgehead atoms. The minimum atomic E-state index is -3.91. The molecule has 0 radical (unpaired) electrons. The Hall–Kier alpha value is -3.69. The summed E-state index contributed by atoms with van der Waals surface area (Å²) in [4.78, 5) is 12.7. The second kappa shape index (κ2) is 9.43. The van der Waals surface area contributed by atoms with E-state index in [1.165, 1.54) is 18.3 Å². The van der Waals surface area contributed by atoms with Crippen molar-refractivity contribution in [3.05, 3.63) is 101 Å². The Balaban J connectivity index is 1.50. The third-order valence-electron chi connectivity index (χ3n) is 4.77. The van der Waals surface area contributed by atoms with Gasteiger partial charge in [-0.25, -0.2) is 13.1 Å². The van der Waals surface area contributed by atoms with E-state index in [2.05, 4.69) is 20.4 Å². The van der Waals surface area contributed by atoms with E-state index < -0.39 is 15.9 Å². The summed E-state index contributed by atoms with van der Waals surface area (Å²) in [5, 5.41) is 11.0. The number of aryl methyl sites for hydroxylation is 1. The fourth-order valence-electron chi connectivity index (χ4n) is 3.17. The number of nitrogens with zero attached hydrogens (tertiary/aromatic N) is 3. The molecule has 168 valence electrons. The molecule has 0 aliphatic heterocycles. The second-order valence-electron chi connectivity index (χ2n) is 7.34. The van der Waals surface area contributed by atoms with Gasteiger partial charge in [0.1, 0.15) is 0 Å². The van der Waals surface area contributed by atoms with E-state index in [9.17, 15) is 13.2 Å². The van der Waals surface area contributed by atoms with Gasteiger partial charge in [0, 0.05) is 10.7 Å². The topological polar surface area (TPSA) is 106 Å². The molecule has 0 atom stereocenters. The summed E-state index contributed by atoms with van der Waals surface area (Å²) in [6, 6.07) is 20.7. The Morgan fingerprint density at radius 1 is 1.00 bits per heavy atom. The van der Waals surface area contributed by atoms with Crippen LogP contribution < -0.4 is 10.0 Å². The minimum absolute atomic E-state index is 0.0352. The number of aromatic nitrogens is 3. The molecular weight excluding hydrogens is 462 g/mol. The average molecular weight is 482 g/mol. The van der Waals surface area contributed by atoms with Gasteiger partial charge in [0.25, 0.3) is 15.9 Å². The summed E-state index contributed by atoms with van der Waals surface area (Å²) < 4.78 is 29.9. The first-order chi connectivity index (χ1) is 15.8. The molecule has 4 aromatic rings. The number of sulfonamides is 1. The van der Waals surface area contributed by atoms with E-state index in [0.29, 0.717) is 28.5 Å². The highest BCUT2D eigenvalue weighted by Gasteiger charge is 2.19. The zero-order valence-electron chi connectivity index (χ0n) is 17.6. The maximum Gasteiger partial charge on any atom is 0.277 e. The van der Waals surface area contributed by atoms with Crippen LogP contribution in [0.1, 0.15) is 21.6 Å². The standard InChI is InChI=1S/C23H20ClN5O3S/c1-16-10-11-19(13-22(16)33(31,32)27-20-9-5-8-18(24)12-20)25-23(30)21-15-29(28-26-21)14-17-6-3-2-4-7-17/h2-13,15,27H,14H2,1H3,(H,25,30). The number of benzene rings is 3. The van der Waals surface area contributed by atoms with E-state index in [-0.39, 0.29) is 10.6 Å². The van der Waals surface area contributed by atoms with E-state index >= 15 is 0 Å². The van der Waals surface area contributed by atoms with Crippen molar-refractivity contribution in [3.8, 4) is 0 Å². The van der Waals surface area contributed by atoms with E-state index in [1.807, 2.05) is 30.3 Å². The maximum atomic E-state index is 12.9. The first kappa shape index (κ1) is 22.5. The van der Waals surface area contributed by atoms with Crippen molar-refractivity contribution in [3.63, 3.8) is 0 Å². The molecule has 0 aliphatic rings. The van der Waals surface area contributed by atoms with Crippen molar-refractivity contribution >= 4 is 38.9 Å². The number of nitrogens with one attached hydrogen (secondary N) is 2. The molecule has 0 saturated heterocycles. The van der Waals surface area contributed by atoms with Crippen LogP contribution in [0.3, 0.4) is 0 Å². The largest absolute Gasteiger partial charge is 0.321 e. The number of carbonyl (C=O) groups is 1. The van der Waals surface area contributed by atoms with Crippen LogP contribution in [0.4, 0.5) is 11.4 Å². The summed E-state index contributed by atoms with van der Waals surface area (Å²) in [5.74, 6) is -0.496. The van der Waals surface area contributed by atoms with Gasteiger partial charge in [-0.15, -0.1) is 5.10 Å². The van der Waals surface area contributed by atoms with Gasteiger partial charge in [-0.1, -0.05) is 59.3 Å². The molecule has 0 aliphatic carbocycles. The van der Waals surface area contributed by atoms with Crippen LogP contribution in [0.2, 0.25) is 5.02 Å². The van der Waals surface area contributed by atoms with Gasteiger partial charge in [-0.05, 0) is 48.4 Å². The second-order valence-corrected chi connectivity index (χ2v) is 9.42. The lowest BCUT2D eigenvalue weighted by atomic mass is 10.2. The molecule has 0 fully saturated rings. The maximum absolute atomic E-state index is 12.9. The van der Waals surface area contributed by atoms with Crippen molar-refractivity contribution in [1.82, 2.24) is 15.0 Å². The van der Waals surface area contributed by atoms with Crippen LogP contribution in [-0.4, -0.2) is 29.3 Å². The number of hydrogen-bond acceptors (Lipinski definition) is 5. The SMILES string of the molecule is Cc1ccc(NC(=O)c2cn(Cc3ccccc3)nn2)cc1S(=O)(=O)Nc1cccc(Cl)c1. The molecule has 1 heterocycles. The highest BCUT2D eigenvalue weighted by Crippen LogP contribution is 2.24. The van der Waals surface area contributed by atoms with Crippen molar-refractivity contribution in [1.29, 1.82) is 0 Å². The molecule has 0 saturated carbocycles. The van der Waals surface area contributed by atoms with Gasteiger partial charge in [0.15, 0.2) is 5.69 Å². The Bertz CT molecular complexity index is 1400. The van der Waals surface area contributed by atoms with Crippen LogP contribution >= 0.6 is 11.6 Å². The van der Waals surface area contributed by atoms with Gasteiger partial charge in [0.05, 0.1) is 23.3 Å². The number of amides is 1. The zero-order chi connectivity index (χ0) is 23.4. The summed E-state index contributed by atoms with van der Waals surface area (Å²) in [5.41, 5.74) is 2.32. The monoisotopic (exact) mass is 481 g/mol. The van der Waals surface area contributed by atoms with Gasteiger partial charge >= 0.3 is 0 Å². The molecule has 1 amide bonds. The molecule has 8 nitrogen and oxygen atoms in total. The lowest BCUT2D eigenvalue weighted by Crippen LogP contribution is -2.16. The van der Waals surface area contributed by atoms with Gasteiger partial charge in [-0.3, -0.25) is 9.52 Å². The van der Waals surface area contributed by atoms with Gasteiger partial charge < -0.3 is 5.32 Å². The number of rotatable bonds is 7. The van der Waals surface area contributed by atoms with Crippen LogP contribution in [0.25, 0.3) is 0 Å². The van der Waals surface area contributed by atoms with Crippen LogP contribution in [0.15, 0.2) is 83.9 Å². The molecule has 3 aromatic carbocycles. The van der Waals surface area contributed by atoms with E-state index in [0.717, 1.165) is 5.56 Å². The van der Waals surface area contributed by atoms with E-state index in [4.69, 9.17) is 11.6 Å². The zero-order valence-corrected chi connectivity index (χ0v) is 19.1. The summed E-state index contributed by atoms with van der Waals surface area (Å²) in [6.45, 7) is 2.15. The fourth-order valence-corrected chi connectivity index (χ4v) is 4.69. The van der Waals surface area contributed by atoms with Crippen LogP contribution in [0.5, 0.6) is 0 Å². The van der Waals surface area contributed by atoms with Crippen LogP contribution in [0, 0.1) is 6.92 Å². The normalized spacial score (nSPS) is 11.2. The molecule has 33 heavy (non-hydrogen) atoms. The Morgan fingerprint density at radius 2 is 1.79 bits per heavy atom. The summed E-state index contributed by atoms with van der Waals surface area (Å²) in [7, 11) is -3.91. The Morgan fingerprint density at radius 3 is 2.55 bits per heavy atom. The summed E-state index contributed by atoms with van der Waals surface area (Å²) in [6.07, 6.45) is 1.54. The highest BCUT2D eigenvalue weighted by molar-refractivity contribution is 7.92. The predicted molar refractivity (Wildman–Crippen MR) is 127 cm³/mol. The van der Waals surface area contributed by atoms with Gasteiger partial charge in [-0.2, -0.15) is 0 Å². The number of halogens is 1. The fraction of sp³-hybridized carbons (Fsp3) is 0.0870. The minimum Gasteiger partial charge on any atom is -0.321 e. The molecule has 0 unspecified atom stereocenters. The molecule has 4 rings (SSSR count). The number of hydrogen-bond donors (Lipinski definition) is 2. The van der Waals surface area contributed by atoms with Crippen molar-refractivity contribution in [2.24, 2.45) is 0 Å². The van der Waals surface area contributed by atoms with Gasteiger partial charge in [0.2, 0.25) is 0 Å². The van der Waals surface area contributed by atoms with Crippen LogP contribution in [-0.2, 0) is 16.6 Å². The van der Waals surface area contributed by atoms with Crippen molar-refractivity contribution < 1.29 is 13.2 Å². The third-order valence-corrected chi connectivity index (χ3v) is 6.53. The molecule has 0 spiro atoms. The lowest BCUT2D eigenvalue weighted by Gasteiger charge is -2.12. The first-order valence-electron chi connectivity index (χ1n) is 9.95. The van der Waals surface area contributed by atoms with E-state index in [1.54, 1.807) is 41.9 Å². The molecule has 2 N–H and O–H groups in total. The lowest BCUT2D eigenvalue weighted by molar-refractivity contribution is 0.102. The van der Waals surface area contributed by atoms with Crippen molar-refractivity contribution in [2.45, 2.75) is 18.4 Å². The summed E-state index contributed by atoms with van der Waals surface area (Å²) >= 11 is 5.94. The third kappa shape index (κ3) is 5.57.